The number of carbonyl (C=O) groups excluding carboxylic acids is 1. The van der Waals surface area contributed by atoms with E-state index < -0.39 is 0 Å². The molecule has 0 aliphatic heterocycles. The Balaban J connectivity index is 1.39. The molecule has 2 aromatic heterocycles. The van der Waals surface area contributed by atoms with Crippen molar-refractivity contribution in [3.8, 4) is 22.1 Å². The summed E-state index contributed by atoms with van der Waals surface area (Å²) in [6.45, 7) is 1.48. The molecular formula is C22H21N5O3S3. The van der Waals surface area contributed by atoms with Gasteiger partial charge in [0.1, 0.15) is 5.01 Å². The van der Waals surface area contributed by atoms with Crippen molar-refractivity contribution in [2.45, 2.75) is 17.0 Å². The highest BCUT2D eigenvalue weighted by molar-refractivity contribution is 8.00. The quantitative estimate of drug-likeness (QED) is 0.284. The van der Waals surface area contributed by atoms with Crippen LogP contribution in [0.25, 0.3) is 10.6 Å². The molecule has 1 amide bonds. The van der Waals surface area contributed by atoms with Crippen LogP contribution < -0.4 is 20.1 Å². The summed E-state index contributed by atoms with van der Waals surface area (Å²) in [5.74, 6) is 1.92. The third-order valence-electron chi connectivity index (χ3n) is 4.37. The van der Waals surface area contributed by atoms with Crippen LogP contribution >= 0.6 is 34.4 Å². The van der Waals surface area contributed by atoms with Crippen molar-refractivity contribution in [3.63, 3.8) is 0 Å². The standard InChI is InChI=1S/C22H21N5O3S3/c1-13(28)23-14-6-4-7-15(10-14)25-21-26-27-22(33-21)32-12-16-11-31-20(24-16)17-8-5-9-18(29-2)19(17)30-3/h4-11H,12H2,1-3H3,(H,23,28)(H,25,26). The van der Waals surface area contributed by atoms with Gasteiger partial charge >= 0.3 is 0 Å². The summed E-state index contributed by atoms with van der Waals surface area (Å²) in [5.41, 5.74) is 3.41. The van der Waals surface area contributed by atoms with Crippen LogP contribution in [0.5, 0.6) is 11.5 Å². The minimum absolute atomic E-state index is 0.114. The van der Waals surface area contributed by atoms with E-state index in [2.05, 4.69) is 20.8 Å². The Hall–Kier alpha value is -3.15. The van der Waals surface area contributed by atoms with Gasteiger partial charge in [-0.15, -0.1) is 21.5 Å². The number of hydrogen-bond acceptors (Lipinski definition) is 10. The number of hydrogen-bond donors (Lipinski definition) is 2. The zero-order valence-corrected chi connectivity index (χ0v) is 20.6. The fourth-order valence-corrected chi connectivity index (χ4v) is 5.62. The highest BCUT2D eigenvalue weighted by Gasteiger charge is 2.15. The summed E-state index contributed by atoms with van der Waals surface area (Å²) in [7, 11) is 3.25. The van der Waals surface area contributed by atoms with E-state index in [0.717, 1.165) is 32.0 Å². The molecule has 0 saturated carbocycles. The van der Waals surface area contributed by atoms with Crippen molar-refractivity contribution >= 4 is 56.8 Å². The maximum Gasteiger partial charge on any atom is 0.221 e. The number of ether oxygens (including phenoxy) is 2. The summed E-state index contributed by atoms with van der Waals surface area (Å²) in [6, 6.07) is 13.2. The first-order chi connectivity index (χ1) is 16.1. The third-order valence-corrected chi connectivity index (χ3v) is 7.30. The second-order valence-corrected chi connectivity index (χ2v) is 9.79. The number of nitrogens with zero attached hydrogens (tertiary/aromatic N) is 3. The Morgan fingerprint density at radius 2 is 1.91 bits per heavy atom. The highest BCUT2D eigenvalue weighted by Crippen LogP contribution is 2.39. The van der Waals surface area contributed by atoms with E-state index in [1.807, 2.05) is 47.8 Å². The SMILES string of the molecule is COc1cccc(-c2nc(CSc3nnc(Nc4cccc(NC(C)=O)c4)s3)cs2)c1OC. The second-order valence-electron chi connectivity index (χ2n) is 6.73. The maximum absolute atomic E-state index is 11.2. The predicted octanol–water partition coefficient (Wildman–Crippen LogP) is 5.67. The Morgan fingerprint density at radius 3 is 2.70 bits per heavy atom. The van der Waals surface area contributed by atoms with Gasteiger partial charge in [-0.05, 0) is 30.3 Å². The van der Waals surface area contributed by atoms with Gasteiger partial charge in [0.15, 0.2) is 15.8 Å². The fraction of sp³-hybridized carbons (Fsp3) is 0.182. The number of anilines is 3. The van der Waals surface area contributed by atoms with E-state index in [1.54, 1.807) is 37.3 Å². The maximum atomic E-state index is 11.2. The number of methoxy groups -OCH3 is 2. The molecule has 4 rings (SSSR count). The lowest BCUT2D eigenvalue weighted by molar-refractivity contribution is -0.114. The molecule has 0 aliphatic carbocycles. The van der Waals surface area contributed by atoms with Crippen LogP contribution in [0, 0.1) is 0 Å². The largest absolute Gasteiger partial charge is 0.493 e. The molecule has 0 bridgehead atoms. The molecule has 0 radical (unpaired) electrons. The van der Waals surface area contributed by atoms with Crippen molar-refractivity contribution in [2.24, 2.45) is 0 Å². The van der Waals surface area contributed by atoms with Gasteiger partial charge < -0.3 is 20.1 Å². The lowest BCUT2D eigenvalue weighted by atomic mass is 10.2. The Morgan fingerprint density at radius 1 is 1.09 bits per heavy atom. The number of thioether (sulfide) groups is 1. The lowest BCUT2D eigenvalue weighted by Gasteiger charge is -2.10. The summed E-state index contributed by atoms with van der Waals surface area (Å²) in [6.07, 6.45) is 0. The Kier molecular flexibility index (Phi) is 7.43. The highest BCUT2D eigenvalue weighted by atomic mass is 32.2. The van der Waals surface area contributed by atoms with E-state index in [9.17, 15) is 4.79 Å². The molecule has 2 heterocycles. The number of rotatable bonds is 9. The molecule has 0 saturated heterocycles. The number of para-hydroxylation sites is 1. The molecular weight excluding hydrogens is 478 g/mol. The van der Waals surface area contributed by atoms with Crippen LogP contribution in [0.3, 0.4) is 0 Å². The fourth-order valence-electron chi connectivity index (χ4n) is 3.01. The normalized spacial score (nSPS) is 10.6. The van der Waals surface area contributed by atoms with E-state index in [0.29, 0.717) is 22.4 Å². The Bertz CT molecular complexity index is 1260. The number of amides is 1. The number of aromatic nitrogens is 3. The predicted molar refractivity (Wildman–Crippen MR) is 134 cm³/mol. The smallest absolute Gasteiger partial charge is 0.221 e. The molecule has 0 fully saturated rings. The van der Waals surface area contributed by atoms with Crippen molar-refractivity contribution < 1.29 is 14.3 Å². The average molecular weight is 500 g/mol. The van der Waals surface area contributed by atoms with Crippen LogP contribution in [0.2, 0.25) is 0 Å². The molecule has 8 nitrogen and oxygen atoms in total. The molecule has 170 valence electrons. The van der Waals surface area contributed by atoms with Crippen molar-refractivity contribution in [1.29, 1.82) is 0 Å². The molecule has 0 unspecified atom stereocenters. The molecule has 0 aliphatic rings. The molecule has 11 heteroatoms. The number of carbonyl (C=O) groups is 1. The summed E-state index contributed by atoms with van der Waals surface area (Å²) in [5, 5.41) is 18.0. The van der Waals surface area contributed by atoms with Gasteiger partial charge in [-0.25, -0.2) is 4.98 Å². The van der Waals surface area contributed by atoms with E-state index in [1.165, 1.54) is 18.3 Å². The minimum Gasteiger partial charge on any atom is -0.493 e. The lowest BCUT2D eigenvalue weighted by Crippen LogP contribution is -2.05. The zero-order chi connectivity index (χ0) is 23.2. The van der Waals surface area contributed by atoms with Crippen molar-refractivity contribution in [1.82, 2.24) is 15.2 Å². The number of nitrogens with one attached hydrogen (secondary N) is 2. The first-order valence-electron chi connectivity index (χ1n) is 9.82. The van der Waals surface area contributed by atoms with Crippen LogP contribution in [-0.4, -0.2) is 35.3 Å². The monoisotopic (exact) mass is 499 g/mol. The van der Waals surface area contributed by atoms with Gasteiger partial charge in [0.25, 0.3) is 0 Å². The van der Waals surface area contributed by atoms with Crippen LogP contribution in [-0.2, 0) is 10.5 Å². The van der Waals surface area contributed by atoms with E-state index in [4.69, 9.17) is 14.5 Å². The first-order valence-corrected chi connectivity index (χ1v) is 12.5. The summed E-state index contributed by atoms with van der Waals surface area (Å²) < 4.78 is 11.8. The topological polar surface area (TPSA) is 98.3 Å². The van der Waals surface area contributed by atoms with Crippen molar-refractivity contribution in [2.75, 3.05) is 24.9 Å². The minimum atomic E-state index is -0.114. The molecule has 2 aromatic carbocycles. The van der Waals surface area contributed by atoms with Gasteiger partial charge in [-0.3, -0.25) is 4.79 Å². The van der Waals surface area contributed by atoms with Gasteiger partial charge in [0.2, 0.25) is 11.0 Å². The molecule has 4 aromatic rings. The second kappa shape index (κ2) is 10.6. The molecule has 33 heavy (non-hydrogen) atoms. The Labute approximate surface area is 203 Å². The average Bonchev–Trinajstić information content (AvgIpc) is 3.46. The van der Waals surface area contributed by atoms with Gasteiger partial charge in [-0.2, -0.15) is 0 Å². The van der Waals surface area contributed by atoms with Gasteiger partial charge in [-0.1, -0.05) is 35.2 Å². The van der Waals surface area contributed by atoms with Crippen LogP contribution in [0.1, 0.15) is 12.6 Å². The summed E-state index contributed by atoms with van der Waals surface area (Å²) >= 11 is 4.61. The van der Waals surface area contributed by atoms with E-state index >= 15 is 0 Å². The molecule has 2 N–H and O–H groups in total. The van der Waals surface area contributed by atoms with Gasteiger partial charge in [0, 0.05) is 29.4 Å². The summed E-state index contributed by atoms with van der Waals surface area (Å²) in [4.78, 5) is 16.0. The molecule has 0 atom stereocenters. The molecule has 0 spiro atoms. The third kappa shape index (κ3) is 5.81. The number of benzene rings is 2. The zero-order valence-electron chi connectivity index (χ0n) is 18.1. The first kappa shape index (κ1) is 23.0. The number of thiazole rings is 1. The van der Waals surface area contributed by atoms with Crippen LogP contribution in [0.4, 0.5) is 16.5 Å². The van der Waals surface area contributed by atoms with Crippen molar-refractivity contribution in [3.05, 3.63) is 53.5 Å². The van der Waals surface area contributed by atoms with Crippen LogP contribution in [0.15, 0.2) is 52.2 Å². The van der Waals surface area contributed by atoms with E-state index in [-0.39, 0.29) is 5.91 Å². The van der Waals surface area contributed by atoms with Gasteiger partial charge in [0.05, 0.1) is 25.5 Å².